The van der Waals surface area contributed by atoms with E-state index in [9.17, 15) is 0 Å². The number of nitrogens with two attached hydrogens (primary N) is 1. The molecule has 0 bridgehead atoms. The molecule has 1 saturated heterocycles. The number of pyridine rings is 1. The number of hydrogen-bond donors (Lipinski definition) is 1. The van der Waals surface area contributed by atoms with Crippen LogP contribution in [0.25, 0.3) is 0 Å². The fourth-order valence-electron chi connectivity index (χ4n) is 1.49. The van der Waals surface area contributed by atoms with Gasteiger partial charge in [-0.25, -0.2) is 0 Å². The Morgan fingerprint density at radius 1 is 1.58 bits per heavy atom. The fourth-order valence-corrected chi connectivity index (χ4v) is 1.49. The van der Waals surface area contributed by atoms with Crippen LogP contribution < -0.4 is 5.73 Å². The summed E-state index contributed by atoms with van der Waals surface area (Å²) in [5.74, 6) is 0. The molecular weight excluding hydrogens is 150 g/mol. The monoisotopic (exact) mass is 163 g/mol. The first-order chi connectivity index (χ1) is 5.84. The van der Waals surface area contributed by atoms with E-state index in [-0.39, 0.29) is 0 Å². The van der Waals surface area contributed by atoms with E-state index in [0.29, 0.717) is 6.04 Å². The summed E-state index contributed by atoms with van der Waals surface area (Å²) >= 11 is 0. The van der Waals surface area contributed by atoms with Crippen molar-refractivity contribution in [3.63, 3.8) is 0 Å². The number of nitrogens with zero attached hydrogens (tertiary/aromatic N) is 2. The SMILES string of the molecule is NC1CN(Cc2cccnc2)C1. The van der Waals surface area contributed by atoms with Crippen LogP contribution in [0, 0.1) is 0 Å². The van der Waals surface area contributed by atoms with Crippen LogP contribution in [0.3, 0.4) is 0 Å². The molecule has 1 aromatic rings. The molecule has 1 aliphatic rings. The first-order valence-electron chi connectivity index (χ1n) is 4.21. The highest BCUT2D eigenvalue weighted by atomic mass is 15.2. The first kappa shape index (κ1) is 7.71. The molecular formula is C9H13N3. The molecule has 3 nitrogen and oxygen atoms in total. The van der Waals surface area contributed by atoms with E-state index in [4.69, 9.17) is 5.73 Å². The van der Waals surface area contributed by atoms with Crippen molar-refractivity contribution in [2.75, 3.05) is 13.1 Å². The van der Waals surface area contributed by atoms with Gasteiger partial charge in [0.15, 0.2) is 0 Å². The summed E-state index contributed by atoms with van der Waals surface area (Å²) in [6.07, 6.45) is 3.70. The molecule has 0 spiro atoms. The van der Waals surface area contributed by atoms with Gasteiger partial charge < -0.3 is 5.73 Å². The highest BCUT2D eigenvalue weighted by Gasteiger charge is 2.22. The molecule has 2 heterocycles. The van der Waals surface area contributed by atoms with E-state index in [1.54, 1.807) is 6.20 Å². The van der Waals surface area contributed by atoms with E-state index in [2.05, 4.69) is 16.0 Å². The predicted octanol–water partition coefficient (Wildman–Crippen LogP) is 0.224. The minimum Gasteiger partial charge on any atom is -0.325 e. The Morgan fingerprint density at radius 2 is 2.42 bits per heavy atom. The highest BCUT2D eigenvalue weighted by Crippen LogP contribution is 2.10. The Morgan fingerprint density at radius 3 is 3.00 bits per heavy atom. The molecule has 64 valence electrons. The van der Waals surface area contributed by atoms with Crippen molar-refractivity contribution in [3.05, 3.63) is 30.1 Å². The van der Waals surface area contributed by atoms with Gasteiger partial charge in [-0.15, -0.1) is 0 Å². The second-order valence-corrected chi connectivity index (χ2v) is 3.32. The lowest BCUT2D eigenvalue weighted by molar-refractivity contribution is 0.142. The summed E-state index contributed by atoms with van der Waals surface area (Å²) in [4.78, 5) is 6.38. The highest BCUT2D eigenvalue weighted by molar-refractivity contribution is 5.09. The number of likely N-dealkylation sites (tertiary alicyclic amines) is 1. The van der Waals surface area contributed by atoms with Gasteiger partial charge in [-0.1, -0.05) is 6.07 Å². The van der Waals surface area contributed by atoms with Gasteiger partial charge in [-0.05, 0) is 11.6 Å². The van der Waals surface area contributed by atoms with Gasteiger partial charge in [0.2, 0.25) is 0 Å². The van der Waals surface area contributed by atoms with Crippen molar-refractivity contribution in [2.24, 2.45) is 5.73 Å². The molecule has 1 fully saturated rings. The van der Waals surface area contributed by atoms with Crippen molar-refractivity contribution in [1.29, 1.82) is 0 Å². The summed E-state index contributed by atoms with van der Waals surface area (Å²) < 4.78 is 0. The van der Waals surface area contributed by atoms with Gasteiger partial charge in [0.05, 0.1) is 0 Å². The smallest absolute Gasteiger partial charge is 0.0312 e. The number of hydrogen-bond acceptors (Lipinski definition) is 3. The van der Waals surface area contributed by atoms with E-state index >= 15 is 0 Å². The lowest BCUT2D eigenvalue weighted by Gasteiger charge is -2.36. The second-order valence-electron chi connectivity index (χ2n) is 3.32. The molecule has 2 N–H and O–H groups in total. The Labute approximate surface area is 72.2 Å². The Balaban J connectivity index is 1.88. The maximum Gasteiger partial charge on any atom is 0.0312 e. The summed E-state index contributed by atoms with van der Waals surface area (Å²) in [5.41, 5.74) is 6.93. The molecule has 0 radical (unpaired) electrons. The Bertz CT molecular complexity index is 241. The lowest BCUT2D eigenvalue weighted by Crippen LogP contribution is -2.54. The van der Waals surface area contributed by atoms with Crippen molar-refractivity contribution >= 4 is 0 Å². The maximum atomic E-state index is 5.67. The van der Waals surface area contributed by atoms with E-state index < -0.39 is 0 Å². The Kier molecular flexibility index (Phi) is 2.06. The molecule has 1 aromatic heterocycles. The second kappa shape index (κ2) is 3.21. The van der Waals surface area contributed by atoms with Crippen LogP contribution in [0.5, 0.6) is 0 Å². The van der Waals surface area contributed by atoms with Crippen molar-refractivity contribution in [3.8, 4) is 0 Å². The van der Waals surface area contributed by atoms with E-state index in [0.717, 1.165) is 19.6 Å². The van der Waals surface area contributed by atoms with Crippen LogP contribution in [-0.2, 0) is 6.54 Å². The van der Waals surface area contributed by atoms with Crippen LogP contribution in [-0.4, -0.2) is 29.0 Å². The minimum absolute atomic E-state index is 0.390. The number of aromatic nitrogens is 1. The summed E-state index contributed by atoms with van der Waals surface area (Å²) in [7, 11) is 0. The van der Waals surface area contributed by atoms with Gasteiger partial charge in [0, 0.05) is 38.1 Å². The van der Waals surface area contributed by atoms with Crippen LogP contribution >= 0.6 is 0 Å². The molecule has 2 rings (SSSR count). The van der Waals surface area contributed by atoms with Crippen molar-refractivity contribution in [1.82, 2.24) is 9.88 Å². The molecule has 0 aromatic carbocycles. The van der Waals surface area contributed by atoms with Gasteiger partial charge in [0.25, 0.3) is 0 Å². The van der Waals surface area contributed by atoms with Crippen LogP contribution in [0.2, 0.25) is 0 Å². The molecule has 0 unspecified atom stereocenters. The van der Waals surface area contributed by atoms with Gasteiger partial charge in [0.1, 0.15) is 0 Å². The maximum absolute atomic E-state index is 5.67. The quantitative estimate of drug-likeness (QED) is 0.678. The summed E-state index contributed by atoms with van der Waals surface area (Å²) in [6.45, 7) is 3.03. The van der Waals surface area contributed by atoms with Crippen LogP contribution in [0.15, 0.2) is 24.5 Å². The largest absolute Gasteiger partial charge is 0.325 e. The topological polar surface area (TPSA) is 42.1 Å². The minimum atomic E-state index is 0.390. The van der Waals surface area contributed by atoms with E-state index in [1.807, 2.05) is 12.3 Å². The van der Waals surface area contributed by atoms with Crippen molar-refractivity contribution < 1.29 is 0 Å². The zero-order valence-corrected chi connectivity index (χ0v) is 6.98. The van der Waals surface area contributed by atoms with Gasteiger partial charge in [-0.2, -0.15) is 0 Å². The average Bonchev–Trinajstić information content (AvgIpc) is 2.04. The predicted molar refractivity (Wildman–Crippen MR) is 47.5 cm³/mol. The molecule has 1 aliphatic heterocycles. The molecule has 12 heavy (non-hydrogen) atoms. The fraction of sp³-hybridized carbons (Fsp3) is 0.444. The van der Waals surface area contributed by atoms with Crippen LogP contribution in [0.4, 0.5) is 0 Å². The zero-order valence-electron chi connectivity index (χ0n) is 6.98. The van der Waals surface area contributed by atoms with Crippen molar-refractivity contribution in [2.45, 2.75) is 12.6 Å². The third kappa shape index (κ3) is 1.62. The van der Waals surface area contributed by atoms with Gasteiger partial charge >= 0.3 is 0 Å². The standard InChI is InChI=1S/C9H13N3/c10-9-6-12(7-9)5-8-2-1-3-11-4-8/h1-4,9H,5-7,10H2. The molecule has 0 amide bonds. The summed E-state index contributed by atoms with van der Waals surface area (Å²) in [5, 5.41) is 0. The molecule has 0 aliphatic carbocycles. The first-order valence-corrected chi connectivity index (χ1v) is 4.21. The average molecular weight is 163 g/mol. The van der Waals surface area contributed by atoms with E-state index in [1.165, 1.54) is 5.56 Å². The lowest BCUT2D eigenvalue weighted by atomic mass is 10.1. The number of rotatable bonds is 2. The molecule has 0 saturated carbocycles. The third-order valence-corrected chi connectivity index (χ3v) is 2.11. The molecule has 3 heteroatoms. The normalized spacial score (nSPS) is 19.1. The van der Waals surface area contributed by atoms with Crippen LogP contribution in [0.1, 0.15) is 5.56 Å². The third-order valence-electron chi connectivity index (χ3n) is 2.11. The zero-order chi connectivity index (χ0) is 8.39. The summed E-state index contributed by atoms with van der Waals surface area (Å²) in [6, 6.07) is 4.45. The Hall–Kier alpha value is -0.930. The molecule has 0 atom stereocenters. The van der Waals surface area contributed by atoms with Gasteiger partial charge in [-0.3, -0.25) is 9.88 Å².